The van der Waals surface area contributed by atoms with E-state index < -0.39 is 17.5 Å². The molecule has 1 unspecified atom stereocenters. The first-order valence-electron chi connectivity index (χ1n) is 8.56. The number of amides is 1. The van der Waals surface area contributed by atoms with Gasteiger partial charge in [0.05, 0.1) is 29.6 Å². The molecule has 0 saturated carbocycles. The summed E-state index contributed by atoms with van der Waals surface area (Å²) in [6.45, 7) is 1.83. The minimum Gasteiger partial charge on any atom is -0.383 e. The van der Waals surface area contributed by atoms with Crippen LogP contribution in [0.3, 0.4) is 0 Å². The van der Waals surface area contributed by atoms with Crippen molar-refractivity contribution in [2.75, 3.05) is 24.4 Å². The average Bonchev–Trinajstić information content (AvgIpc) is 3.07. The third-order valence-electron chi connectivity index (χ3n) is 4.88. The molecule has 1 aliphatic heterocycles. The number of hydrogen-bond donors (Lipinski definition) is 4. The van der Waals surface area contributed by atoms with Gasteiger partial charge in [0, 0.05) is 29.5 Å². The van der Waals surface area contributed by atoms with Crippen LogP contribution >= 0.6 is 11.6 Å². The number of aromatic amines is 1. The summed E-state index contributed by atoms with van der Waals surface area (Å²) in [6.07, 6.45) is 1.73. The lowest BCUT2D eigenvalue weighted by molar-refractivity contribution is -0.121. The van der Waals surface area contributed by atoms with E-state index in [1.165, 1.54) is 31.5 Å². The van der Waals surface area contributed by atoms with Gasteiger partial charge in [0.15, 0.2) is 0 Å². The van der Waals surface area contributed by atoms with Gasteiger partial charge in [0.1, 0.15) is 23.1 Å². The van der Waals surface area contributed by atoms with Gasteiger partial charge >= 0.3 is 0 Å². The summed E-state index contributed by atoms with van der Waals surface area (Å²) >= 11 is 6.13. The monoisotopic (exact) mass is 404 g/mol. The van der Waals surface area contributed by atoms with Crippen LogP contribution in [0.1, 0.15) is 24.2 Å². The Morgan fingerprint density at radius 3 is 2.93 bits per heavy atom. The zero-order valence-corrected chi connectivity index (χ0v) is 15.9. The van der Waals surface area contributed by atoms with Crippen LogP contribution in [0.15, 0.2) is 30.6 Å². The summed E-state index contributed by atoms with van der Waals surface area (Å²) in [6, 6.07) is 4.22. The number of ether oxygens (including phenoxy) is 1. The van der Waals surface area contributed by atoms with Crippen molar-refractivity contribution in [1.82, 2.24) is 9.97 Å². The maximum Gasteiger partial charge on any atom is 0.252 e. The topological polar surface area (TPSA) is 99.3 Å². The lowest BCUT2D eigenvalue weighted by Gasteiger charge is -2.35. The first-order valence-corrected chi connectivity index (χ1v) is 8.94. The summed E-state index contributed by atoms with van der Waals surface area (Å²) in [5.74, 6) is -0.879. The molecule has 9 heteroatoms. The first kappa shape index (κ1) is 18.7. The minimum absolute atomic E-state index is 0.0258. The molecule has 0 spiro atoms. The largest absolute Gasteiger partial charge is 0.383 e. The Bertz CT molecular complexity index is 1070. The molecule has 3 heterocycles. The van der Waals surface area contributed by atoms with Gasteiger partial charge in [-0.05, 0) is 19.1 Å². The van der Waals surface area contributed by atoms with Crippen LogP contribution in [-0.4, -0.2) is 40.2 Å². The van der Waals surface area contributed by atoms with E-state index in [1.54, 1.807) is 13.1 Å². The number of anilines is 2. The molecule has 0 radical (unpaired) electrons. The van der Waals surface area contributed by atoms with Crippen LogP contribution < -0.4 is 10.6 Å². The molecule has 2 aromatic heterocycles. The Kier molecular flexibility index (Phi) is 4.49. The predicted molar refractivity (Wildman–Crippen MR) is 104 cm³/mol. The van der Waals surface area contributed by atoms with Crippen molar-refractivity contribution in [3.05, 3.63) is 52.6 Å². The molecule has 1 aromatic carbocycles. The smallest absolute Gasteiger partial charge is 0.252 e. The number of nitrogens with zero attached hydrogens (tertiary/aromatic N) is 1. The fourth-order valence-electron chi connectivity index (χ4n) is 3.47. The molecule has 3 aromatic rings. The van der Waals surface area contributed by atoms with E-state index in [1.807, 2.05) is 0 Å². The van der Waals surface area contributed by atoms with Gasteiger partial charge in [-0.25, -0.2) is 9.37 Å². The van der Waals surface area contributed by atoms with E-state index >= 15 is 0 Å². The number of pyridine rings is 1. The molecule has 146 valence electrons. The Morgan fingerprint density at radius 2 is 2.21 bits per heavy atom. The van der Waals surface area contributed by atoms with Crippen molar-refractivity contribution in [2.45, 2.75) is 18.6 Å². The van der Waals surface area contributed by atoms with Crippen molar-refractivity contribution < 1.29 is 19.0 Å². The second-order valence-electron chi connectivity index (χ2n) is 6.90. The van der Waals surface area contributed by atoms with Crippen LogP contribution in [-0.2, 0) is 9.53 Å². The Labute approximate surface area is 164 Å². The Morgan fingerprint density at radius 1 is 1.43 bits per heavy atom. The lowest BCUT2D eigenvalue weighted by atomic mass is 9.95. The second-order valence-corrected chi connectivity index (χ2v) is 7.30. The number of aromatic nitrogens is 2. The van der Waals surface area contributed by atoms with Crippen LogP contribution in [0, 0.1) is 5.82 Å². The predicted octanol–water partition coefficient (Wildman–Crippen LogP) is 3.21. The molecular formula is C19H18ClFN4O3. The molecule has 1 amide bonds. The Hall–Kier alpha value is -2.68. The number of aliphatic hydroxyl groups excluding tert-OH is 1. The highest BCUT2D eigenvalue weighted by Crippen LogP contribution is 2.42. The van der Waals surface area contributed by atoms with Crippen LogP contribution in [0.2, 0.25) is 5.02 Å². The number of rotatable bonds is 4. The van der Waals surface area contributed by atoms with E-state index in [2.05, 4.69) is 20.6 Å². The fourth-order valence-corrected chi connectivity index (χ4v) is 3.74. The highest BCUT2D eigenvalue weighted by atomic mass is 35.5. The van der Waals surface area contributed by atoms with E-state index in [0.717, 1.165) is 0 Å². The highest BCUT2D eigenvalue weighted by Gasteiger charge is 2.39. The number of carbonyl (C=O) groups is 1. The van der Waals surface area contributed by atoms with Crippen LogP contribution in [0.4, 0.5) is 15.8 Å². The number of methoxy groups -OCH3 is 1. The molecular weight excluding hydrogens is 387 g/mol. The van der Waals surface area contributed by atoms with Crippen molar-refractivity contribution in [3.63, 3.8) is 0 Å². The molecule has 0 bridgehead atoms. The van der Waals surface area contributed by atoms with Crippen LogP contribution in [0.25, 0.3) is 11.0 Å². The number of carbonyl (C=O) groups excluding carboxylic acids is 1. The fraction of sp³-hybridized carbons (Fsp3) is 0.263. The molecule has 1 aliphatic rings. The molecule has 0 aliphatic carbocycles. The van der Waals surface area contributed by atoms with Gasteiger partial charge in [-0.1, -0.05) is 17.7 Å². The molecule has 4 N–H and O–H groups in total. The standard InChI is InChI=1S/C19H18ClFN4O3/c1-19(8-28-2)18(27)24-12-7-23-17-13(15(12)25-19)9(6-22-17)16(26)14-10(20)4-3-5-11(14)21/h3-7,16,25-26H,8H2,1-2H3,(H,22,23)(H,24,27)/t16?,19-/m0/s1. The molecule has 7 nitrogen and oxygen atoms in total. The van der Waals surface area contributed by atoms with Crippen molar-refractivity contribution in [3.8, 4) is 0 Å². The van der Waals surface area contributed by atoms with E-state index in [0.29, 0.717) is 28.0 Å². The van der Waals surface area contributed by atoms with Crippen molar-refractivity contribution in [1.29, 1.82) is 0 Å². The number of halogens is 2. The number of nitrogens with one attached hydrogen (secondary N) is 3. The zero-order valence-electron chi connectivity index (χ0n) is 15.1. The number of H-pyrrole nitrogens is 1. The van der Waals surface area contributed by atoms with Gasteiger partial charge in [-0.2, -0.15) is 0 Å². The quantitative estimate of drug-likeness (QED) is 0.535. The highest BCUT2D eigenvalue weighted by molar-refractivity contribution is 6.31. The van der Waals surface area contributed by atoms with E-state index in [-0.39, 0.29) is 23.1 Å². The van der Waals surface area contributed by atoms with Gasteiger partial charge < -0.3 is 25.5 Å². The van der Waals surface area contributed by atoms with Crippen LogP contribution in [0.5, 0.6) is 0 Å². The number of fused-ring (bicyclic) bond motifs is 3. The summed E-state index contributed by atoms with van der Waals surface area (Å²) in [5, 5.41) is 17.6. The summed E-state index contributed by atoms with van der Waals surface area (Å²) in [4.78, 5) is 19.7. The van der Waals surface area contributed by atoms with Crippen molar-refractivity contribution in [2.24, 2.45) is 0 Å². The SMILES string of the molecule is COC[C@]1(C)Nc2c(cnc3[nH]cc(C(O)c4c(F)cccc4Cl)c23)NC1=O. The zero-order chi connectivity index (χ0) is 20.1. The summed E-state index contributed by atoms with van der Waals surface area (Å²) < 4.78 is 19.5. The van der Waals surface area contributed by atoms with Crippen molar-refractivity contribution >= 4 is 39.9 Å². The first-order chi connectivity index (χ1) is 13.4. The third kappa shape index (κ3) is 2.81. The molecule has 0 saturated heterocycles. The minimum atomic E-state index is -1.33. The third-order valence-corrected chi connectivity index (χ3v) is 5.21. The number of benzene rings is 1. The lowest BCUT2D eigenvalue weighted by Crippen LogP contribution is -2.53. The van der Waals surface area contributed by atoms with Gasteiger partial charge in [-0.3, -0.25) is 4.79 Å². The molecule has 2 atom stereocenters. The average molecular weight is 405 g/mol. The van der Waals surface area contributed by atoms with Gasteiger partial charge in [-0.15, -0.1) is 0 Å². The maximum absolute atomic E-state index is 14.3. The summed E-state index contributed by atoms with van der Waals surface area (Å²) in [7, 11) is 1.50. The summed E-state index contributed by atoms with van der Waals surface area (Å²) in [5.41, 5.74) is 0.830. The normalized spacial score (nSPS) is 19.8. The molecule has 0 fully saturated rings. The molecule has 4 rings (SSSR count). The Balaban J connectivity index is 1.89. The molecule has 28 heavy (non-hydrogen) atoms. The maximum atomic E-state index is 14.3. The van der Waals surface area contributed by atoms with E-state index in [9.17, 15) is 14.3 Å². The van der Waals surface area contributed by atoms with Gasteiger partial charge in [0.2, 0.25) is 0 Å². The number of aliphatic hydroxyl groups is 1. The second kappa shape index (κ2) is 6.73. The van der Waals surface area contributed by atoms with E-state index in [4.69, 9.17) is 16.3 Å². The van der Waals surface area contributed by atoms with Gasteiger partial charge in [0.25, 0.3) is 5.91 Å². The number of hydrogen-bond acceptors (Lipinski definition) is 5.